The number of non-ortho nitro benzene ring substituents is 1. The number of thiazole rings is 2. The summed E-state index contributed by atoms with van der Waals surface area (Å²) in [5.41, 5.74) is 2.61. The molecule has 0 fully saturated rings. The second-order valence-electron chi connectivity index (χ2n) is 6.51. The van der Waals surface area contributed by atoms with Crippen molar-refractivity contribution in [3.63, 3.8) is 0 Å². The summed E-state index contributed by atoms with van der Waals surface area (Å²) < 4.78 is 7.62. The van der Waals surface area contributed by atoms with E-state index in [0.29, 0.717) is 26.0 Å². The predicted octanol–water partition coefficient (Wildman–Crippen LogP) is 4.84. The van der Waals surface area contributed by atoms with Gasteiger partial charge in [-0.25, -0.2) is 9.97 Å². The molecule has 0 radical (unpaired) electrons. The summed E-state index contributed by atoms with van der Waals surface area (Å²) in [5, 5.41) is 15.8. The summed E-state index contributed by atoms with van der Waals surface area (Å²) in [7, 11) is 1.60. The first-order chi connectivity index (χ1) is 15.0. The zero-order valence-corrected chi connectivity index (χ0v) is 17.6. The predicted molar refractivity (Wildman–Crippen MR) is 119 cm³/mol. The Balaban J connectivity index is 1.44. The number of methoxy groups -OCH3 is 1. The highest BCUT2D eigenvalue weighted by Gasteiger charge is 2.18. The van der Waals surface area contributed by atoms with Crippen molar-refractivity contribution in [2.75, 3.05) is 12.4 Å². The van der Waals surface area contributed by atoms with Crippen LogP contribution < -0.4 is 10.1 Å². The first-order valence-corrected chi connectivity index (χ1v) is 10.7. The number of carbonyl (C=O) groups excluding carboxylic acids is 1. The van der Waals surface area contributed by atoms with Crippen LogP contribution in [0, 0.1) is 10.1 Å². The number of amides is 1. The average Bonchev–Trinajstić information content (AvgIpc) is 3.46. The van der Waals surface area contributed by atoms with Crippen molar-refractivity contribution in [1.82, 2.24) is 14.4 Å². The second-order valence-corrected chi connectivity index (χ2v) is 8.38. The van der Waals surface area contributed by atoms with Crippen LogP contribution >= 0.6 is 22.7 Å². The fraction of sp³-hybridized carbons (Fsp3) is 0.0500. The fourth-order valence-electron chi connectivity index (χ4n) is 3.11. The van der Waals surface area contributed by atoms with Gasteiger partial charge in [0.05, 0.1) is 27.9 Å². The Bertz CT molecular complexity index is 1470. The molecule has 31 heavy (non-hydrogen) atoms. The Kier molecular flexibility index (Phi) is 4.60. The van der Waals surface area contributed by atoms with Gasteiger partial charge in [0.15, 0.2) is 10.1 Å². The number of carbonyl (C=O) groups is 1. The molecular formula is C20H13N5O4S2. The minimum atomic E-state index is -0.460. The highest BCUT2D eigenvalue weighted by atomic mass is 32.1. The van der Waals surface area contributed by atoms with E-state index < -0.39 is 4.92 Å². The van der Waals surface area contributed by atoms with Crippen LogP contribution in [0.2, 0.25) is 0 Å². The first kappa shape index (κ1) is 19.2. The summed E-state index contributed by atoms with van der Waals surface area (Å²) in [5.74, 6) is 0.386. The number of hydrogen-bond acceptors (Lipinski definition) is 8. The van der Waals surface area contributed by atoms with E-state index in [1.54, 1.807) is 29.2 Å². The lowest BCUT2D eigenvalue weighted by Gasteiger charge is -2.01. The smallest absolute Gasteiger partial charge is 0.275 e. The first-order valence-electron chi connectivity index (χ1n) is 8.99. The van der Waals surface area contributed by atoms with E-state index in [-0.39, 0.29) is 11.6 Å². The van der Waals surface area contributed by atoms with Crippen LogP contribution in [0.1, 0.15) is 10.5 Å². The third-order valence-electron chi connectivity index (χ3n) is 4.61. The van der Waals surface area contributed by atoms with Crippen LogP contribution in [0.25, 0.3) is 26.4 Å². The molecule has 3 aromatic heterocycles. The molecule has 2 aromatic carbocycles. The van der Waals surface area contributed by atoms with E-state index in [4.69, 9.17) is 4.74 Å². The molecule has 0 spiro atoms. The van der Waals surface area contributed by atoms with Crippen molar-refractivity contribution >= 4 is 54.6 Å². The third kappa shape index (κ3) is 3.49. The van der Waals surface area contributed by atoms with Crippen LogP contribution in [-0.2, 0) is 0 Å². The van der Waals surface area contributed by atoms with Gasteiger partial charge in [-0.05, 0) is 18.2 Å². The molecular weight excluding hydrogens is 438 g/mol. The highest BCUT2D eigenvalue weighted by Crippen LogP contribution is 2.30. The van der Waals surface area contributed by atoms with Crippen molar-refractivity contribution in [2.45, 2.75) is 0 Å². The van der Waals surface area contributed by atoms with Gasteiger partial charge in [-0.2, -0.15) is 0 Å². The van der Waals surface area contributed by atoms with Crippen LogP contribution in [0.15, 0.2) is 54.0 Å². The molecule has 1 amide bonds. The molecule has 5 rings (SSSR count). The Morgan fingerprint density at radius 2 is 2.10 bits per heavy atom. The standard InChI is InChI=1S/C20H13N5O4S2/c1-29-13-4-2-3-11(7-13)15-9-24-16(10-30-20(24)22-15)18(26)23-19-21-14-6-5-12(25(27)28)8-17(14)31-19/h2-10H,1H3,(H,21,23,26). The number of benzene rings is 2. The van der Waals surface area contributed by atoms with E-state index in [1.165, 1.54) is 34.8 Å². The number of ether oxygens (including phenoxy) is 1. The Morgan fingerprint density at radius 3 is 2.90 bits per heavy atom. The molecule has 0 aliphatic rings. The maximum Gasteiger partial charge on any atom is 0.275 e. The van der Waals surface area contributed by atoms with E-state index >= 15 is 0 Å². The highest BCUT2D eigenvalue weighted by molar-refractivity contribution is 7.22. The minimum absolute atomic E-state index is 0.0166. The second kappa shape index (κ2) is 7.45. The van der Waals surface area contributed by atoms with Crippen LogP contribution in [0.5, 0.6) is 5.75 Å². The average molecular weight is 451 g/mol. The molecule has 0 atom stereocenters. The van der Waals surface area contributed by atoms with Gasteiger partial charge >= 0.3 is 0 Å². The van der Waals surface area contributed by atoms with Gasteiger partial charge in [-0.1, -0.05) is 23.5 Å². The molecule has 1 N–H and O–H groups in total. The number of anilines is 1. The normalized spacial score (nSPS) is 11.1. The molecule has 5 aromatic rings. The zero-order valence-electron chi connectivity index (χ0n) is 15.9. The van der Waals surface area contributed by atoms with E-state index in [9.17, 15) is 14.9 Å². The summed E-state index contributed by atoms with van der Waals surface area (Å²) >= 11 is 2.54. The van der Waals surface area contributed by atoms with Crippen LogP contribution in [0.4, 0.5) is 10.8 Å². The molecule has 154 valence electrons. The SMILES string of the molecule is COc1cccc(-c2cn3c(C(=O)Nc4nc5ccc([N+](=O)[O-])cc5s4)csc3n2)c1. The zero-order chi connectivity index (χ0) is 21.5. The summed E-state index contributed by atoms with van der Waals surface area (Å²) in [6.07, 6.45) is 1.80. The monoisotopic (exact) mass is 451 g/mol. The molecule has 0 saturated carbocycles. The maximum absolute atomic E-state index is 12.9. The van der Waals surface area contributed by atoms with Gasteiger partial charge in [0.2, 0.25) is 0 Å². The third-order valence-corrected chi connectivity index (χ3v) is 6.38. The van der Waals surface area contributed by atoms with Gasteiger partial charge in [-0.15, -0.1) is 11.3 Å². The van der Waals surface area contributed by atoms with Crippen molar-refractivity contribution < 1.29 is 14.5 Å². The molecule has 11 heteroatoms. The Morgan fingerprint density at radius 1 is 1.23 bits per heavy atom. The van der Waals surface area contributed by atoms with Crippen molar-refractivity contribution in [2.24, 2.45) is 0 Å². The summed E-state index contributed by atoms with van der Waals surface area (Å²) in [6.45, 7) is 0. The number of nitrogens with zero attached hydrogens (tertiary/aromatic N) is 4. The van der Waals surface area contributed by atoms with Gasteiger partial charge in [0.1, 0.15) is 11.4 Å². The molecule has 9 nitrogen and oxygen atoms in total. The number of imidazole rings is 1. The minimum Gasteiger partial charge on any atom is -0.497 e. The topological polar surface area (TPSA) is 112 Å². The lowest BCUT2D eigenvalue weighted by atomic mass is 10.1. The summed E-state index contributed by atoms with van der Waals surface area (Å²) in [6, 6.07) is 11.9. The van der Waals surface area contributed by atoms with Gasteiger partial charge < -0.3 is 4.74 Å². The van der Waals surface area contributed by atoms with Crippen molar-refractivity contribution in [1.29, 1.82) is 0 Å². The van der Waals surface area contributed by atoms with Crippen molar-refractivity contribution in [3.05, 3.63) is 69.8 Å². The van der Waals surface area contributed by atoms with E-state index in [0.717, 1.165) is 17.0 Å². The van der Waals surface area contributed by atoms with Gasteiger partial charge in [0, 0.05) is 29.3 Å². The van der Waals surface area contributed by atoms with Crippen LogP contribution in [0.3, 0.4) is 0 Å². The lowest BCUT2D eigenvalue weighted by Crippen LogP contribution is -2.13. The Labute approximate surface area is 182 Å². The van der Waals surface area contributed by atoms with Gasteiger partial charge in [0.25, 0.3) is 11.6 Å². The number of nitrogens with one attached hydrogen (secondary N) is 1. The number of fused-ring (bicyclic) bond motifs is 2. The molecule has 0 aliphatic heterocycles. The number of nitro groups is 1. The largest absolute Gasteiger partial charge is 0.497 e. The number of hydrogen-bond donors (Lipinski definition) is 1. The summed E-state index contributed by atoms with van der Waals surface area (Å²) in [4.78, 5) is 33.0. The molecule has 0 saturated heterocycles. The Hall–Kier alpha value is -3.83. The molecule has 0 aliphatic carbocycles. The fourth-order valence-corrected chi connectivity index (χ4v) is 4.86. The van der Waals surface area contributed by atoms with Gasteiger partial charge in [-0.3, -0.25) is 24.6 Å². The number of aromatic nitrogens is 3. The number of rotatable bonds is 5. The van der Waals surface area contributed by atoms with E-state index in [1.807, 2.05) is 24.3 Å². The molecule has 3 heterocycles. The van der Waals surface area contributed by atoms with Crippen molar-refractivity contribution in [3.8, 4) is 17.0 Å². The molecule has 0 bridgehead atoms. The number of nitro benzene ring substituents is 1. The quantitative estimate of drug-likeness (QED) is 0.302. The molecule has 0 unspecified atom stereocenters. The maximum atomic E-state index is 12.9. The van der Waals surface area contributed by atoms with Crippen LogP contribution in [-0.4, -0.2) is 32.3 Å². The lowest BCUT2D eigenvalue weighted by molar-refractivity contribution is -0.384. The van der Waals surface area contributed by atoms with E-state index in [2.05, 4.69) is 15.3 Å².